The van der Waals surface area contributed by atoms with Gasteiger partial charge in [0.15, 0.2) is 11.6 Å². The summed E-state index contributed by atoms with van der Waals surface area (Å²) in [5.41, 5.74) is 0.806. The van der Waals surface area contributed by atoms with Gasteiger partial charge >= 0.3 is 0 Å². The third-order valence-electron chi connectivity index (χ3n) is 4.88. The fourth-order valence-electron chi connectivity index (χ4n) is 3.34. The van der Waals surface area contributed by atoms with E-state index in [2.05, 4.69) is 10.0 Å². The molecule has 3 rings (SSSR count). The van der Waals surface area contributed by atoms with E-state index < -0.39 is 21.7 Å². The molecule has 2 N–H and O–H groups in total. The summed E-state index contributed by atoms with van der Waals surface area (Å²) in [6.45, 7) is 0. The molecule has 8 heteroatoms. The van der Waals surface area contributed by atoms with Gasteiger partial charge in [0.25, 0.3) is 10.0 Å². The number of carbonyl (C=O) groups is 1. The van der Waals surface area contributed by atoms with Crippen LogP contribution in [-0.2, 0) is 14.8 Å². The molecule has 0 aliphatic heterocycles. The number of benzene rings is 2. The van der Waals surface area contributed by atoms with E-state index in [1.807, 2.05) is 0 Å². The van der Waals surface area contributed by atoms with Crippen LogP contribution in [0, 0.1) is 17.6 Å². The molecule has 1 aliphatic carbocycles. The minimum absolute atomic E-state index is 0.0676. The Morgan fingerprint density at radius 2 is 1.61 bits per heavy atom. The minimum Gasteiger partial charge on any atom is -0.326 e. The van der Waals surface area contributed by atoms with Crippen molar-refractivity contribution in [3.63, 3.8) is 0 Å². The first-order chi connectivity index (χ1) is 13.3. The number of hydrogen-bond acceptors (Lipinski definition) is 3. The van der Waals surface area contributed by atoms with Crippen molar-refractivity contribution in [2.24, 2.45) is 5.92 Å². The summed E-state index contributed by atoms with van der Waals surface area (Å²) in [6, 6.07) is 8.51. The lowest BCUT2D eigenvalue weighted by molar-refractivity contribution is -0.116. The highest BCUT2D eigenvalue weighted by Gasteiger charge is 2.18. The predicted molar refractivity (Wildman–Crippen MR) is 103 cm³/mol. The lowest BCUT2D eigenvalue weighted by Gasteiger charge is -2.11. The summed E-state index contributed by atoms with van der Waals surface area (Å²) in [4.78, 5) is 11.7. The number of halogens is 2. The summed E-state index contributed by atoms with van der Waals surface area (Å²) < 4.78 is 53.1. The van der Waals surface area contributed by atoms with Crippen LogP contribution >= 0.6 is 0 Å². The van der Waals surface area contributed by atoms with Gasteiger partial charge in [-0.15, -0.1) is 0 Å². The Morgan fingerprint density at radius 1 is 0.964 bits per heavy atom. The topological polar surface area (TPSA) is 75.3 Å². The number of hydrogen-bond donors (Lipinski definition) is 2. The number of amides is 1. The number of sulfonamides is 1. The molecule has 0 spiro atoms. The van der Waals surface area contributed by atoms with Gasteiger partial charge in [0, 0.05) is 17.8 Å². The van der Waals surface area contributed by atoms with Crippen molar-refractivity contribution < 1.29 is 22.0 Å². The molecule has 150 valence electrons. The predicted octanol–water partition coefficient (Wildman–Crippen LogP) is 4.67. The van der Waals surface area contributed by atoms with Crippen molar-refractivity contribution in [2.75, 3.05) is 10.0 Å². The molecule has 28 heavy (non-hydrogen) atoms. The standard InChI is InChI=1S/C20H22F2N2O3S/c21-18-11-10-17(13-19(18)22)28(26,27)24-16-8-6-15(7-9-16)23-20(25)12-5-14-3-1-2-4-14/h6-11,13-14,24H,1-5,12H2,(H,23,25). The van der Waals surface area contributed by atoms with Crippen LogP contribution in [0.2, 0.25) is 0 Å². The van der Waals surface area contributed by atoms with E-state index in [4.69, 9.17) is 0 Å². The Morgan fingerprint density at radius 3 is 2.25 bits per heavy atom. The van der Waals surface area contributed by atoms with E-state index in [0.29, 0.717) is 24.1 Å². The van der Waals surface area contributed by atoms with Gasteiger partial charge in [-0.05, 0) is 54.8 Å². The van der Waals surface area contributed by atoms with E-state index in [-0.39, 0.29) is 16.5 Å². The monoisotopic (exact) mass is 408 g/mol. The van der Waals surface area contributed by atoms with Crippen LogP contribution in [0.1, 0.15) is 38.5 Å². The smallest absolute Gasteiger partial charge is 0.261 e. The van der Waals surface area contributed by atoms with E-state index >= 15 is 0 Å². The summed E-state index contributed by atoms with van der Waals surface area (Å²) in [5.74, 6) is -1.79. The molecule has 0 atom stereocenters. The lowest BCUT2D eigenvalue weighted by atomic mass is 10.0. The van der Waals surface area contributed by atoms with Crippen LogP contribution in [0.25, 0.3) is 0 Å². The van der Waals surface area contributed by atoms with Gasteiger partial charge in [0.05, 0.1) is 4.90 Å². The first-order valence-electron chi connectivity index (χ1n) is 9.21. The van der Waals surface area contributed by atoms with Crippen molar-refractivity contribution in [3.05, 3.63) is 54.1 Å². The highest BCUT2D eigenvalue weighted by Crippen LogP contribution is 2.28. The molecule has 0 bridgehead atoms. The van der Waals surface area contributed by atoms with E-state index in [9.17, 15) is 22.0 Å². The number of carbonyl (C=O) groups excluding carboxylic acids is 1. The maximum atomic E-state index is 13.3. The summed E-state index contributed by atoms with van der Waals surface area (Å²) in [6.07, 6.45) is 6.23. The van der Waals surface area contributed by atoms with Gasteiger partial charge in [0.1, 0.15) is 0 Å². The van der Waals surface area contributed by atoms with Crippen molar-refractivity contribution in [3.8, 4) is 0 Å². The molecule has 1 fully saturated rings. The Balaban J connectivity index is 1.57. The Bertz CT molecular complexity index is 940. The summed E-state index contributed by atoms with van der Waals surface area (Å²) >= 11 is 0. The molecular formula is C20H22F2N2O3S. The van der Waals surface area contributed by atoms with Gasteiger partial charge in [-0.25, -0.2) is 17.2 Å². The lowest BCUT2D eigenvalue weighted by Crippen LogP contribution is -2.14. The highest BCUT2D eigenvalue weighted by molar-refractivity contribution is 7.92. The molecule has 5 nitrogen and oxygen atoms in total. The molecule has 1 saturated carbocycles. The normalized spacial score (nSPS) is 14.8. The fraction of sp³-hybridized carbons (Fsp3) is 0.350. The van der Waals surface area contributed by atoms with Gasteiger partial charge in [-0.3, -0.25) is 9.52 Å². The van der Waals surface area contributed by atoms with Crippen LogP contribution in [0.4, 0.5) is 20.2 Å². The maximum absolute atomic E-state index is 13.3. The quantitative estimate of drug-likeness (QED) is 0.699. The van der Waals surface area contributed by atoms with Gasteiger partial charge in [0.2, 0.25) is 5.91 Å². The molecule has 0 aromatic heterocycles. The Kier molecular flexibility index (Phi) is 6.28. The number of nitrogens with one attached hydrogen (secondary N) is 2. The van der Waals surface area contributed by atoms with Gasteiger partial charge in [-0.2, -0.15) is 0 Å². The molecule has 2 aromatic carbocycles. The second kappa shape index (κ2) is 8.68. The van der Waals surface area contributed by atoms with Crippen LogP contribution in [-0.4, -0.2) is 14.3 Å². The Hall–Kier alpha value is -2.48. The average Bonchev–Trinajstić information content (AvgIpc) is 3.17. The first kappa shape index (κ1) is 20.3. The molecule has 0 unspecified atom stereocenters. The molecule has 0 saturated heterocycles. The zero-order valence-electron chi connectivity index (χ0n) is 15.3. The summed E-state index contributed by atoms with van der Waals surface area (Å²) in [5, 5.41) is 2.79. The molecule has 1 aliphatic rings. The van der Waals surface area contributed by atoms with Crippen molar-refractivity contribution in [2.45, 2.75) is 43.4 Å². The molecule has 0 heterocycles. The SMILES string of the molecule is O=C(CCC1CCCC1)Nc1ccc(NS(=O)(=O)c2ccc(F)c(F)c2)cc1. The second-order valence-corrected chi connectivity index (χ2v) is 8.68. The number of anilines is 2. The van der Waals surface area contributed by atoms with Crippen LogP contribution < -0.4 is 10.0 Å². The van der Waals surface area contributed by atoms with E-state index in [0.717, 1.165) is 18.6 Å². The third-order valence-corrected chi connectivity index (χ3v) is 6.26. The molecule has 1 amide bonds. The van der Waals surface area contributed by atoms with Crippen LogP contribution in [0.5, 0.6) is 0 Å². The average molecular weight is 408 g/mol. The van der Waals surface area contributed by atoms with Crippen LogP contribution in [0.15, 0.2) is 47.4 Å². The molecule has 0 radical (unpaired) electrons. The van der Waals surface area contributed by atoms with Crippen LogP contribution in [0.3, 0.4) is 0 Å². The van der Waals surface area contributed by atoms with Crippen molar-refractivity contribution >= 4 is 27.3 Å². The summed E-state index contributed by atoms with van der Waals surface area (Å²) in [7, 11) is -4.05. The largest absolute Gasteiger partial charge is 0.326 e. The minimum atomic E-state index is -4.05. The second-order valence-electron chi connectivity index (χ2n) is 7.00. The zero-order valence-corrected chi connectivity index (χ0v) is 16.1. The Labute approximate surface area is 163 Å². The zero-order chi connectivity index (χ0) is 20.1. The van der Waals surface area contributed by atoms with E-state index in [1.165, 1.54) is 37.8 Å². The number of rotatable bonds is 7. The maximum Gasteiger partial charge on any atom is 0.261 e. The fourth-order valence-corrected chi connectivity index (χ4v) is 4.41. The molecular weight excluding hydrogens is 386 g/mol. The third kappa shape index (κ3) is 5.28. The van der Waals surface area contributed by atoms with Gasteiger partial charge in [-0.1, -0.05) is 25.7 Å². The first-order valence-corrected chi connectivity index (χ1v) is 10.7. The highest BCUT2D eigenvalue weighted by atomic mass is 32.2. The molecule has 2 aromatic rings. The van der Waals surface area contributed by atoms with E-state index in [1.54, 1.807) is 12.1 Å². The van der Waals surface area contributed by atoms with Gasteiger partial charge < -0.3 is 5.32 Å². The van der Waals surface area contributed by atoms with Crippen molar-refractivity contribution in [1.82, 2.24) is 0 Å². The van der Waals surface area contributed by atoms with Crippen molar-refractivity contribution in [1.29, 1.82) is 0 Å².